The number of likely N-dealkylation sites (N-methyl/N-ethyl adjacent to an activating group) is 2. The molecule has 0 bridgehead atoms. The monoisotopic (exact) mass is 413 g/mol. The summed E-state index contributed by atoms with van der Waals surface area (Å²) in [4.78, 5) is 49.4. The SMILES string of the molecule is CNC(=O)CN(C)C(=O)COC(=O)c1ccccc1NC(=O)c1ccc(OC)cc1. The average molecular weight is 413 g/mol. The van der Waals surface area contributed by atoms with Crippen LogP contribution in [0.4, 0.5) is 5.69 Å². The summed E-state index contributed by atoms with van der Waals surface area (Å²) in [5.74, 6) is -1.46. The number of esters is 1. The van der Waals surface area contributed by atoms with Crippen LogP contribution in [0.3, 0.4) is 0 Å². The van der Waals surface area contributed by atoms with Crippen LogP contribution < -0.4 is 15.4 Å². The van der Waals surface area contributed by atoms with Crippen molar-refractivity contribution in [3.8, 4) is 5.75 Å². The molecule has 0 radical (unpaired) electrons. The van der Waals surface area contributed by atoms with Crippen LogP contribution in [0.5, 0.6) is 5.75 Å². The van der Waals surface area contributed by atoms with E-state index in [1.165, 1.54) is 27.3 Å². The second-order valence-electron chi connectivity index (χ2n) is 6.23. The van der Waals surface area contributed by atoms with Gasteiger partial charge < -0.3 is 25.0 Å². The fraction of sp³-hybridized carbons (Fsp3) is 0.238. The summed E-state index contributed by atoms with van der Waals surface area (Å²) >= 11 is 0. The van der Waals surface area contributed by atoms with Crippen LogP contribution in [0.25, 0.3) is 0 Å². The van der Waals surface area contributed by atoms with E-state index in [1.54, 1.807) is 42.5 Å². The van der Waals surface area contributed by atoms with Crippen molar-refractivity contribution in [1.82, 2.24) is 10.2 Å². The Morgan fingerprint density at radius 1 is 1.00 bits per heavy atom. The number of hydrogen-bond acceptors (Lipinski definition) is 6. The average Bonchev–Trinajstić information content (AvgIpc) is 2.77. The molecule has 2 aromatic carbocycles. The van der Waals surface area contributed by atoms with Gasteiger partial charge in [0, 0.05) is 19.7 Å². The van der Waals surface area contributed by atoms with Gasteiger partial charge in [0.15, 0.2) is 6.61 Å². The van der Waals surface area contributed by atoms with Gasteiger partial charge in [-0.25, -0.2) is 4.79 Å². The van der Waals surface area contributed by atoms with Gasteiger partial charge in [-0.1, -0.05) is 12.1 Å². The standard InChI is InChI=1S/C21H23N3O6/c1-22-18(25)12-24(2)19(26)13-30-21(28)16-6-4-5-7-17(16)23-20(27)14-8-10-15(29-3)11-9-14/h4-11H,12-13H2,1-3H3,(H,22,25)(H,23,27). The molecule has 0 aliphatic rings. The van der Waals surface area contributed by atoms with Gasteiger partial charge in [-0.15, -0.1) is 0 Å². The summed E-state index contributed by atoms with van der Waals surface area (Å²) in [6, 6.07) is 12.8. The number of nitrogens with one attached hydrogen (secondary N) is 2. The van der Waals surface area contributed by atoms with Gasteiger partial charge in [0.05, 0.1) is 24.9 Å². The second-order valence-corrected chi connectivity index (χ2v) is 6.23. The maximum absolute atomic E-state index is 12.5. The molecule has 0 saturated heterocycles. The van der Waals surface area contributed by atoms with Gasteiger partial charge in [0.25, 0.3) is 11.8 Å². The highest BCUT2D eigenvalue weighted by atomic mass is 16.5. The Morgan fingerprint density at radius 3 is 2.30 bits per heavy atom. The lowest BCUT2D eigenvalue weighted by atomic mass is 10.1. The van der Waals surface area contributed by atoms with Crippen molar-refractivity contribution < 1.29 is 28.7 Å². The van der Waals surface area contributed by atoms with E-state index in [1.807, 2.05) is 0 Å². The van der Waals surface area contributed by atoms with Crippen molar-refractivity contribution in [3.05, 3.63) is 59.7 Å². The summed E-state index contributed by atoms with van der Waals surface area (Å²) in [5, 5.41) is 5.06. The maximum Gasteiger partial charge on any atom is 0.340 e. The Labute approximate surface area is 174 Å². The number of rotatable bonds is 8. The maximum atomic E-state index is 12.5. The van der Waals surface area contributed by atoms with Crippen molar-refractivity contribution in [2.75, 3.05) is 39.7 Å². The molecule has 0 heterocycles. The number of nitrogens with zero attached hydrogens (tertiary/aromatic N) is 1. The lowest BCUT2D eigenvalue weighted by molar-refractivity contribution is -0.137. The lowest BCUT2D eigenvalue weighted by Gasteiger charge is -2.16. The summed E-state index contributed by atoms with van der Waals surface area (Å²) in [5.41, 5.74) is 0.723. The number of methoxy groups -OCH3 is 1. The molecule has 0 spiro atoms. The molecule has 0 unspecified atom stereocenters. The van der Waals surface area contributed by atoms with Crippen LogP contribution in [-0.4, -0.2) is 62.9 Å². The van der Waals surface area contributed by atoms with Gasteiger partial charge in [0.1, 0.15) is 5.75 Å². The van der Waals surface area contributed by atoms with E-state index in [2.05, 4.69) is 10.6 Å². The molecule has 2 N–H and O–H groups in total. The van der Waals surface area contributed by atoms with Gasteiger partial charge in [0.2, 0.25) is 5.91 Å². The van der Waals surface area contributed by atoms with E-state index in [-0.39, 0.29) is 23.7 Å². The first-order chi connectivity index (χ1) is 14.3. The number of benzene rings is 2. The quantitative estimate of drug-likeness (QED) is 0.631. The van der Waals surface area contributed by atoms with Crippen LogP contribution in [0.1, 0.15) is 20.7 Å². The summed E-state index contributed by atoms with van der Waals surface area (Å²) in [7, 11) is 4.41. The summed E-state index contributed by atoms with van der Waals surface area (Å²) < 4.78 is 10.1. The molecule has 158 valence electrons. The van der Waals surface area contributed by atoms with Gasteiger partial charge >= 0.3 is 5.97 Å². The first-order valence-electron chi connectivity index (χ1n) is 9.01. The number of amides is 3. The minimum Gasteiger partial charge on any atom is -0.497 e. The second kappa shape index (κ2) is 10.6. The minimum absolute atomic E-state index is 0.0983. The smallest absolute Gasteiger partial charge is 0.340 e. The van der Waals surface area contributed by atoms with E-state index in [9.17, 15) is 19.2 Å². The first kappa shape index (κ1) is 22.4. The molecule has 0 fully saturated rings. The Kier molecular flexibility index (Phi) is 7.92. The molecule has 30 heavy (non-hydrogen) atoms. The van der Waals surface area contributed by atoms with Gasteiger partial charge in [-0.2, -0.15) is 0 Å². The minimum atomic E-state index is -0.776. The third kappa shape index (κ3) is 6.06. The number of para-hydroxylation sites is 1. The molecule has 9 heteroatoms. The number of carbonyl (C=O) groups is 4. The molecular formula is C21H23N3O6. The van der Waals surface area contributed by atoms with Crippen LogP contribution >= 0.6 is 0 Å². The zero-order valence-corrected chi connectivity index (χ0v) is 16.9. The van der Waals surface area contributed by atoms with Crippen molar-refractivity contribution in [1.29, 1.82) is 0 Å². The zero-order valence-electron chi connectivity index (χ0n) is 16.9. The normalized spacial score (nSPS) is 9.97. The van der Waals surface area contributed by atoms with Crippen molar-refractivity contribution in [2.24, 2.45) is 0 Å². The highest BCUT2D eigenvalue weighted by Crippen LogP contribution is 2.18. The highest BCUT2D eigenvalue weighted by molar-refractivity contribution is 6.08. The number of ether oxygens (including phenoxy) is 2. The van der Waals surface area contributed by atoms with Crippen LogP contribution in [0.15, 0.2) is 48.5 Å². The van der Waals surface area contributed by atoms with Gasteiger partial charge in [-0.05, 0) is 36.4 Å². The Bertz CT molecular complexity index is 927. The molecule has 0 aliphatic carbocycles. The molecule has 0 aliphatic heterocycles. The molecule has 9 nitrogen and oxygen atoms in total. The molecule has 0 atom stereocenters. The van der Waals surface area contributed by atoms with Crippen LogP contribution in [0, 0.1) is 0 Å². The Hall–Kier alpha value is -3.88. The molecule has 2 aromatic rings. The van der Waals surface area contributed by atoms with Crippen LogP contribution in [0.2, 0.25) is 0 Å². The lowest BCUT2D eigenvalue weighted by Crippen LogP contribution is -2.39. The number of anilines is 1. The topological polar surface area (TPSA) is 114 Å². The van der Waals surface area contributed by atoms with Crippen LogP contribution in [-0.2, 0) is 14.3 Å². The van der Waals surface area contributed by atoms with E-state index in [4.69, 9.17) is 9.47 Å². The molecule has 0 saturated carbocycles. The molecular weight excluding hydrogens is 390 g/mol. The third-order valence-corrected chi connectivity index (χ3v) is 4.16. The molecule has 0 aromatic heterocycles. The van der Waals surface area contributed by atoms with E-state index < -0.39 is 24.4 Å². The van der Waals surface area contributed by atoms with E-state index in [0.717, 1.165) is 4.90 Å². The number of hydrogen-bond donors (Lipinski definition) is 2. The fourth-order valence-electron chi connectivity index (χ4n) is 2.40. The predicted molar refractivity (Wildman–Crippen MR) is 109 cm³/mol. The molecule has 3 amide bonds. The zero-order chi connectivity index (χ0) is 22.1. The third-order valence-electron chi connectivity index (χ3n) is 4.16. The highest BCUT2D eigenvalue weighted by Gasteiger charge is 2.18. The van der Waals surface area contributed by atoms with Crippen molar-refractivity contribution >= 4 is 29.4 Å². The van der Waals surface area contributed by atoms with Crippen molar-refractivity contribution in [2.45, 2.75) is 0 Å². The fourth-order valence-corrected chi connectivity index (χ4v) is 2.40. The summed E-state index contributed by atoms with van der Waals surface area (Å²) in [6.07, 6.45) is 0. The predicted octanol–water partition coefficient (Wildman–Crippen LogP) is 1.31. The summed E-state index contributed by atoms with van der Waals surface area (Å²) in [6.45, 7) is -0.686. The Balaban J connectivity index is 2.03. The van der Waals surface area contributed by atoms with Crippen molar-refractivity contribution in [3.63, 3.8) is 0 Å². The number of carbonyl (C=O) groups excluding carboxylic acids is 4. The largest absolute Gasteiger partial charge is 0.497 e. The van der Waals surface area contributed by atoms with Gasteiger partial charge in [-0.3, -0.25) is 14.4 Å². The van der Waals surface area contributed by atoms with E-state index in [0.29, 0.717) is 11.3 Å². The van der Waals surface area contributed by atoms with E-state index >= 15 is 0 Å². The molecule has 2 rings (SSSR count). The first-order valence-corrected chi connectivity index (χ1v) is 9.01. The Morgan fingerprint density at radius 2 is 1.67 bits per heavy atom.